The fraction of sp³-hybridized carbons (Fsp3) is 0.696. The molecule has 26 heavy (non-hydrogen) atoms. The van der Waals surface area contributed by atoms with Gasteiger partial charge in [-0.2, -0.15) is 0 Å². The van der Waals surface area contributed by atoms with Crippen LogP contribution in [-0.2, 0) is 6.42 Å². The normalized spacial score (nSPS) is 26.3. The van der Waals surface area contributed by atoms with Gasteiger partial charge in [0.25, 0.3) is 5.91 Å². The molecule has 1 unspecified atom stereocenters. The Kier molecular flexibility index (Phi) is 5.09. The smallest absolute Gasteiger partial charge is 0.255 e. The third kappa shape index (κ3) is 3.09. The van der Waals surface area contributed by atoms with Crippen molar-refractivity contribution in [1.29, 1.82) is 0 Å². The highest BCUT2D eigenvalue weighted by Gasteiger charge is 2.45. The maximum absolute atomic E-state index is 13.4. The second-order valence-corrected chi connectivity index (χ2v) is 8.97. The van der Waals surface area contributed by atoms with Crippen LogP contribution < -0.4 is 5.32 Å². The van der Waals surface area contributed by atoms with Gasteiger partial charge < -0.3 is 10.2 Å². The molecule has 1 aromatic carbocycles. The summed E-state index contributed by atoms with van der Waals surface area (Å²) < 4.78 is 0. The van der Waals surface area contributed by atoms with E-state index in [1.165, 1.54) is 48.8 Å². The SMILES string of the molecule is CCc1cc(C2CCCCC2)c2c(c1)[C@H]1C(CC(C)C)NCCN1C2=O. The van der Waals surface area contributed by atoms with Crippen molar-refractivity contribution in [2.45, 2.75) is 83.7 Å². The van der Waals surface area contributed by atoms with Crippen LogP contribution in [0.4, 0.5) is 0 Å². The number of nitrogens with zero attached hydrogens (tertiary/aromatic N) is 1. The van der Waals surface area contributed by atoms with Gasteiger partial charge in [-0.25, -0.2) is 0 Å². The minimum atomic E-state index is 0.238. The molecule has 1 saturated heterocycles. The molecule has 1 amide bonds. The van der Waals surface area contributed by atoms with E-state index in [-0.39, 0.29) is 6.04 Å². The molecule has 1 N–H and O–H groups in total. The summed E-state index contributed by atoms with van der Waals surface area (Å²) >= 11 is 0. The largest absolute Gasteiger partial charge is 0.329 e. The Morgan fingerprint density at radius 2 is 1.88 bits per heavy atom. The molecule has 1 aliphatic carbocycles. The zero-order valence-electron chi connectivity index (χ0n) is 16.7. The lowest BCUT2D eigenvalue weighted by molar-refractivity contribution is 0.0609. The average Bonchev–Trinajstić information content (AvgIpc) is 2.95. The number of hydrogen-bond donors (Lipinski definition) is 1. The molecule has 3 aliphatic rings. The number of benzene rings is 1. The highest BCUT2D eigenvalue weighted by molar-refractivity contribution is 6.01. The molecular formula is C23H34N2O. The highest BCUT2D eigenvalue weighted by atomic mass is 16.2. The van der Waals surface area contributed by atoms with Crippen molar-refractivity contribution in [3.05, 3.63) is 34.4 Å². The minimum absolute atomic E-state index is 0.238. The lowest BCUT2D eigenvalue weighted by atomic mass is 9.79. The summed E-state index contributed by atoms with van der Waals surface area (Å²) in [5, 5.41) is 3.73. The lowest BCUT2D eigenvalue weighted by Crippen LogP contribution is -2.52. The van der Waals surface area contributed by atoms with Crippen molar-refractivity contribution in [2.24, 2.45) is 5.92 Å². The van der Waals surface area contributed by atoms with Gasteiger partial charge in [0, 0.05) is 24.7 Å². The molecule has 0 aromatic heterocycles. The number of piperazine rings is 1. The molecule has 2 heterocycles. The summed E-state index contributed by atoms with van der Waals surface area (Å²) in [7, 11) is 0. The standard InChI is InChI=1S/C23H34N2O/c1-4-16-13-18(17-8-6-5-7-9-17)21-19(14-16)22-20(12-15(2)3)24-10-11-25(22)23(21)26/h13-15,17,20,22,24H,4-12H2,1-3H3/t20?,22-/m0/s1. The first-order chi connectivity index (χ1) is 12.6. The molecule has 1 saturated carbocycles. The third-order valence-corrected chi connectivity index (χ3v) is 6.71. The highest BCUT2D eigenvalue weighted by Crippen LogP contribution is 2.45. The van der Waals surface area contributed by atoms with Gasteiger partial charge in [-0.1, -0.05) is 52.2 Å². The predicted octanol–water partition coefficient (Wildman–Crippen LogP) is 4.81. The molecular weight excluding hydrogens is 320 g/mol. The lowest BCUT2D eigenvalue weighted by Gasteiger charge is -2.39. The summed E-state index contributed by atoms with van der Waals surface area (Å²) in [5.41, 5.74) is 5.19. The summed E-state index contributed by atoms with van der Waals surface area (Å²) in [4.78, 5) is 15.6. The first kappa shape index (κ1) is 18.0. The van der Waals surface area contributed by atoms with Crippen LogP contribution in [0.2, 0.25) is 0 Å². The van der Waals surface area contributed by atoms with Gasteiger partial charge in [0.2, 0.25) is 0 Å². The number of carbonyl (C=O) groups is 1. The summed E-state index contributed by atoms with van der Waals surface area (Å²) in [6.07, 6.45) is 8.67. The molecule has 4 rings (SSSR count). The Morgan fingerprint density at radius 1 is 1.15 bits per heavy atom. The van der Waals surface area contributed by atoms with Gasteiger partial charge in [-0.3, -0.25) is 4.79 Å². The molecule has 0 spiro atoms. The van der Waals surface area contributed by atoms with Gasteiger partial charge in [0.05, 0.1) is 6.04 Å². The van der Waals surface area contributed by atoms with Crippen LogP contribution in [0, 0.1) is 5.92 Å². The molecule has 142 valence electrons. The van der Waals surface area contributed by atoms with E-state index < -0.39 is 0 Å². The van der Waals surface area contributed by atoms with E-state index in [4.69, 9.17) is 0 Å². The summed E-state index contributed by atoms with van der Waals surface area (Å²) in [6.45, 7) is 8.58. The maximum atomic E-state index is 13.4. The van der Waals surface area contributed by atoms with E-state index in [9.17, 15) is 4.79 Å². The van der Waals surface area contributed by atoms with Crippen molar-refractivity contribution in [1.82, 2.24) is 10.2 Å². The number of carbonyl (C=O) groups excluding carboxylic acids is 1. The Labute approximate surface area is 158 Å². The third-order valence-electron chi connectivity index (χ3n) is 6.71. The monoisotopic (exact) mass is 354 g/mol. The van der Waals surface area contributed by atoms with Crippen LogP contribution in [0.1, 0.15) is 98.3 Å². The van der Waals surface area contributed by atoms with Crippen LogP contribution in [-0.4, -0.2) is 29.9 Å². The van der Waals surface area contributed by atoms with Crippen LogP contribution in [0.3, 0.4) is 0 Å². The van der Waals surface area contributed by atoms with Crippen LogP contribution in [0.5, 0.6) is 0 Å². The number of amides is 1. The van der Waals surface area contributed by atoms with Gasteiger partial charge in [-0.05, 0) is 54.2 Å². The molecule has 2 atom stereocenters. The first-order valence-corrected chi connectivity index (χ1v) is 10.8. The van der Waals surface area contributed by atoms with Gasteiger partial charge in [-0.15, -0.1) is 0 Å². The van der Waals surface area contributed by atoms with Crippen LogP contribution in [0.15, 0.2) is 12.1 Å². The Bertz CT molecular complexity index is 675. The molecule has 3 nitrogen and oxygen atoms in total. The van der Waals surface area contributed by atoms with Gasteiger partial charge in [0.1, 0.15) is 0 Å². The van der Waals surface area contributed by atoms with Gasteiger partial charge >= 0.3 is 0 Å². The van der Waals surface area contributed by atoms with E-state index in [0.29, 0.717) is 23.8 Å². The molecule has 1 aromatic rings. The van der Waals surface area contributed by atoms with E-state index in [1.54, 1.807) is 0 Å². The Morgan fingerprint density at radius 3 is 2.58 bits per heavy atom. The van der Waals surface area contributed by atoms with Crippen molar-refractivity contribution in [3.8, 4) is 0 Å². The summed E-state index contributed by atoms with van der Waals surface area (Å²) in [6, 6.07) is 5.35. The van der Waals surface area contributed by atoms with Crippen molar-refractivity contribution in [2.75, 3.05) is 13.1 Å². The number of aryl methyl sites for hydroxylation is 1. The van der Waals surface area contributed by atoms with Gasteiger partial charge in [0.15, 0.2) is 0 Å². The maximum Gasteiger partial charge on any atom is 0.255 e. The number of rotatable bonds is 4. The Balaban J connectivity index is 1.79. The molecule has 0 radical (unpaired) electrons. The topological polar surface area (TPSA) is 32.3 Å². The number of fused-ring (bicyclic) bond motifs is 3. The zero-order valence-corrected chi connectivity index (χ0v) is 16.7. The molecule has 2 fully saturated rings. The van der Waals surface area contributed by atoms with E-state index >= 15 is 0 Å². The minimum Gasteiger partial charge on any atom is -0.329 e. The second kappa shape index (κ2) is 7.34. The van der Waals surface area contributed by atoms with Crippen molar-refractivity contribution in [3.63, 3.8) is 0 Å². The molecule has 3 heteroatoms. The average molecular weight is 355 g/mol. The Hall–Kier alpha value is -1.35. The predicted molar refractivity (Wildman–Crippen MR) is 107 cm³/mol. The number of nitrogens with one attached hydrogen (secondary N) is 1. The second-order valence-electron chi connectivity index (χ2n) is 8.97. The van der Waals surface area contributed by atoms with E-state index in [2.05, 4.69) is 43.1 Å². The van der Waals surface area contributed by atoms with E-state index in [0.717, 1.165) is 31.5 Å². The van der Waals surface area contributed by atoms with Crippen molar-refractivity contribution < 1.29 is 4.79 Å². The van der Waals surface area contributed by atoms with E-state index in [1.807, 2.05) is 0 Å². The summed E-state index contributed by atoms with van der Waals surface area (Å²) in [5.74, 6) is 1.54. The first-order valence-electron chi connectivity index (χ1n) is 10.8. The fourth-order valence-electron chi connectivity index (χ4n) is 5.49. The molecule has 2 aliphatic heterocycles. The van der Waals surface area contributed by atoms with Crippen molar-refractivity contribution >= 4 is 5.91 Å². The molecule has 0 bridgehead atoms. The van der Waals surface area contributed by atoms with Crippen LogP contribution >= 0.6 is 0 Å². The fourth-order valence-corrected chi connectivity index (χ4v) is 5.49. The quantitative estimate of drug-likeness (QED) is 0.841. The number of hydrogen-bond acceptors (Lipinski definition) is 2. The van der Waals surface area contributed by atoms with Crippen LogP contribution in [0.25, 0.3) is 0 Å². The zero-order chi connectivity index (χ0) is 18.3.